The van der Waals surface area contributed by atoms with Crippen molar-refractivity contribution in [1.29, 1.82) is 0 Å². The van der Waals surface area contributed by atoms with Crippen LogP contribution in [-0.2, 0) is 16.2 Å². The van der Waals surface area contributed by atoms with E-state index >= 15 is 0 Å². The number of thioether (sulfide) groups is 1. The zero-order valence-corrected chi connectivity index (χ0v) is 23.8. The number of benzene rings is 3. The second kappa shape index (κ2) is 11.6. The molecule has 0 radical (unpaired) electrons. The third-order valence-electron chi connectivity index (χ3n) is 5.70. The molecular formula is C27H21Br2FN2O4S. The van der Waals surface area contributed by atoms with E-state index in [9.17, 15) is 18.8 Å². The first kappa shape index (κ1) is 27.1. The summed E-state index contributed by atoms with van der Waals surface area (Å²) in [6.45, 7) is 3.48. The fourth-order valence-corrected chi connectivity index (χ4v) is 5.86. The number of rotatable bonds is 7. The van der Waals surface area contributed by atoms with Gasteiger partial charge in [-0.3, -0.25) is 19.3 Å². The van der Waals surface area contributed by atoms with Gasteiger partial charge in [0.15, 0.2) is 0 Å². The Labute approximate surface area is 234 Å². The van der Waals surface area contributed by atoms with E-state index in [1.807, 2.05) is 26.0 Å². The standard InChI is InChI=1S/C27H21Br2FN2O4S/c1-15-6-5-9-22(16(15)2)31-24(33)13-32-26(34)23(37-27(32)35)12-17-10-19(28)25(20(29)11-17)36-14-18-7-3-4-8-21(18)30/h3-12H,13-14H2,1-2H3,(H,31,33)/b23-12+. The number of hydrogen-bond donors (Lipinski definition) is 1. The lowest BCUT2D eigenvalue weighted by Crippen LogP contribution is -2.36. The third kappa shape index (κ3) is 6.31. The van der Waals surface area contributed by atoms with E-state index < -0.39 is 17.1 Å². The molecule has 0 aliphatic carbocycles. The van der Waals surface area contributed by atoms with Gasteiger partial charge in [0.05, 0.1) is 13.9 Å². The molecule has 1 saturated heterocycles. The van der Waals surface area contributed by atoms with Gasteiger partial charge in [-0.2, -0.15) is 0 Å². The first-order valence-electron chi connectivity index (χ1n) is 11.1. The first-order valence-corrected chi connectivity index (χ1v) is 13.5. The van der Waals surface area contributed by atoms with Gasteiger partial charge in [0.25, 0.3) is 11.1 Å². The molecule has 0 spiro atoms. The van der Waals surface area contributed by atoms with Crippen LogP contribution < -0.4 is 10.1 Å². The zero-order chi connectivity index (χ0) is 26.7. The molecule has 1 aliphatic heterocycles. The Morgan fingerprint density at radius 1 is 1.08 bits per heavy atom. The average molecular weight is 648 g/mol. The monoisotopic (exact) mass is 646 g/mol. The van der Waals surface area contributed by atoms with Gasteiger partial charge < -0.3 is 10.1 Å². The molecule has 0 atom stereocenters. The van der Waals surface area contributed by atoms with Crippen LogP contribution in [0.2, 0.25) is 0 Å². The molecule has 190 valence electrons. The van der Waals surface area contributed by atoms with E-state index in [0.29, 0.717) is 31.5 Å². The number of nitrogens with one attached hydrogen (secondary N) is 1. The molecule has 4 rings (SSSR count). The molecule has 0 aromatic heterocycles. The molecule has 0 bridgehead atoms. The van der Waals surface area contributed by atoms with Gasteiger partial charge in [0.1, 0.15) is 24.7 Å². The summed E-state index contributed by atoms with van der Waals surface area (Å²) in [6.07, 6.45) is 1.57. The molecule has 0 saturated carbocycles. The molecular weight excluding hydrogens is 627 g/mol. The Balaban J connectivity index is 1.45. The Hall–Kier alpha value is -2.95. The van der Waals surface area contributed by atoms with E-state index in [0.717, 1.165) is 27.8 Å². The van der Waals surface area contributed by atoms with Gasteiger partial charge in [-0.25, -0.2) is 4.39 Å². The summed E-state index contributed by atoms with van der Waals surface area (Å²) in [5, 5.41) is 2.25. The van der Waals surface area contributed by atoms with E-state index in [2.05, 4.69) is 37.2 Å². The van der Waals surface area contributed by atoms with Crippen molar-refractivity contribution in [1.82, 2.24) is 4.90 Å². The van der Waals surface area contributed by atoms with Crippen LogP contribution in [0.1, 0.15) is 22.3 Å². The SMILES string of the molecule is Cc1cccc(NC(=O)CN2C(=O)S/C(=C/c3cc(Br)c(OCc4ccccc4F)c(Br)c3)C2=O)c1C. The molecule has 3 amide bonds. The van der Waals surface area contributed by atoms with E-state index in [4.69, 9.17) is 4.74 Å². The van der Waals surface area contributed by atoms with Crippen molar-refractivity contribution in [3.05, 3.63) is 96.5 Å². The molecule has 1 aliphatic rings. The number of carbonyl (C=O) groups is 3. The highest BCUT2D eigenvalue weighted by atomic mass is 79.9. The van der Waals surface area contributed by atoms with Crippen LogP contribution in [0.5, 0.6) is 5.75 Å². The summed E-state index contributed by atoms with van der Waals surface area (Å²) < 4.78 is 20.9. The fraction of sp³-hybridized carbons (Fsp3) is 0.148. The van der Waals surface area contributed by atoms with Gasteiger partial charge in [-0.1, -0.05) is 30.3 Å². The van der Waals surface area contributed by atoms with Crippen molar-refractivity contribution < 1.29 is 23.5 Å². The Morgan fingerprint density at radius 2 is 1.78 bits per heavy atom. The smallest absolute Gasteiger partial charge is 0.294 e. The highest BCUT2D eigenvalue weighted by molar-refractivity contribution is 9.11. The summed E-state index contributed by atoms with van der Waals surface area (Å²) in [7, 11) is 0. The molecule has 1 heterocycles. The number of hydrogen-bond acceptors (Lipinski definition) is 5. The average Bonchev–Trinajstić information content (AvgIpc) is 3.09. The van der Waals surface area contributed by atoms with Crippen molar-refractivity contribution in [2.24, 2.45) is 0 Å². The van der Waals surface area contributed by atoms with Crippen LogP contribution in [0.15, 0.2) is 68.4 Å². The molecule has 3 aromatic rings. The summed E-state index contributed by atoms with van der Waals surface area (Å²) in [6, 6.07) is 15.3. The number of imide groups is 1. The summed E-state index contributed by atoms with van der Waals surface area (Å²) >= 11 is 7.68. The lowest BCUT2D eigenvalue weighted by atomic mass is 10.1. The van der Waals surface area contributed by atoms with Crippen molar-refractivity contribution in [2.45, 2.75) is 20.5 Å². The minimum absolute atomic E-state index is 0.0340. The van der Waals surface area contributed by atoms with Gasteiger partial charge in [0, 0.05) is 11.3 Å². The van der Waals surface area contributed by atoms with Gasteiger partial charge in [0.2, 0.25) is 5.91 Å². The van der Waals surface area contributed by atoms with Gasteiger partial charge in [-0.15, -0.1) is 0 Å². The van der Waals surface area contributed by atoms with E-state index in [1.54, 1.807) is 42.5 Å². The molecule has 10 heteroatoms. The second-order valence-corrected chi connectivity index (χ2v) is 11.0. The number of carbonyl (C=O) groups excluding carboxylic acids is 3. The molecule has 1 fully saturated rings. The minimum Gasteiger partial charge on any atom is -0.486 e. The van der Waals surface area contributed by atoms with Crippen molar-refractivity contribution in [2.75, 3.05) is 11.9 Å². The van der Waals surface area contributed by atoms with Crippen LogP contribution in [0.4, 0.5) is 14.9 Å². The third-order valence-corrected chi connectivity index (χ3v) is 7.79. The lowest BCUT2D eigenvalue weighted by molar-refractivity contribution is -0.127. The predicted molar refractivity (Wildman–Crippen MR) is 150 cm³/mol. The highest BCUT2D eigenvalue weighted by Crippen LogP contribution is 2.38. The molecule has 6 nitrogen and oxygen atoms in total. The summed E-state index contributed by atoms with van der Waals surface area (Å²) in [5.74, 6) is -0.890. The van der Waals surface area contributed by atoms with Crippen LogP contribution >= 0.6 is 43.6 Å². The van der Waals surface area contributed by atoms with Crippen molar-refractivity contribution >= 4 is 72.4 Å². The minimum atomic E-state index is -0.543. The van der Waals surface area contributed by atoms with Crippen LogP contribution in [0.25, 0.3) is 6.08 Å². The largest absolute Gasteiger partial charge is 0.486 e. The Bertz CT molecular complexity index is 1420. The molecule has 0 unspecified atom stereocenters. The number of halogens is 3. The number of ether oxygens (including phenoxy) is 1. The van der Waals surface area contributed by atoms with Crippen LogP contribution in [0.3, 0.4) is 0 Å². The second-order valence-electron chi connectivity index (χ2n) is 8.26. The topological polar surface area (TPSA) is 75.7 Å². The van der Waals surface area contributed by atoms with E-state index in [1.165, 1.54) is 6.07 Å². The van der Waals surface area contributed by atoms with E-state index in [-0.39, 0.29) is 23.9 Å². The fourth-order valence-electron chi connectivity index (χ4n) is 3.57. The number of nitrogens with zero attached hydrogens (tertiary/aromatic N) is 1. The number of aryl methyl sites for hydroxylation is 1. The molecule has 1 N–H and O–H groups in total. The van der Waals surface area contributed by atoms with Crippen LogP contribution in [-0.4, -0.2) is 28.5 Å². The molecule has 3 aromatic carbocycles. The van der Waals surface area contributed by atoms with Gasteiger partial charge in [-0.05, 0) is 105 Å². The lowest BCUT2D eigenvalue weighted by Gasteiger charge is -2.14. The first-order chi connectivity index (χ1) is 17.6. The maximum Gasteiger partial charge on any atom is 0.294 e. The van der Waals surface area contributed by atoms with Gasteiger partial charge >= 0.3 is 0 Å². The number of anilines is 1. The normalized spacial score (nSPS) is 14.4. The maximum atomic E-state index is 13.9. The number of amides is 3. The quantitative estimate of drug-likeness (QED) is 0.274. The predicted octanol–water partition coefficient (Wildman–Crippen LogP) is 7.22. The highest BCUT2D eigenvalue weighted by Gasteiger charge is 2.36. The Morgan fingerprint density at radius 3 is 2.49 bits per heavy atom. The summed E-state index contributed by atoms with van der Waals surface area (Å²) in [5.41, 5.74) is 3.62. The maximum absolute atomic E-state index is 13.9. The van der Waals surface area contributed by atoms with Crippen molar-refractivity contribution in [3.63, 3.8) is 0 Å². The summed E-state index contributed by atoms with van der Waals surface area (Å²) in [4.78, 5) is 39.1. The van der Waals surface area contributed by atoms with Crippen molar-refractivity contribution in [3.8, 4) is 5.75 Å². The molecule has 37 heavy (non-hydrogen) atoms. The van der Waals surface area contributed by atoms with Crippen LogP contribution in [0, 0.1) is 19.7 Å². The zero-order valence-electron chi connectivity index (χ0n) is 19.8. The Kier molecular flexibility index (Phi) is 8.51.